The minimum absolute atomic E-state index is 0.0390. The maximum Gasteiger partial charge on any atom is 0.243 e. The summed E-state index contributed by atoms with van der Waals surface area (Å²) in [7, 11) is -3.58. The van der Waals surface area contributed by atoms with Gasteiger partial charge >= 0.3 is 0 Å². The Kier molecular flexibility index (Phi) is 6.75. The first-order valence-corrected chi connectivity index (χ1v) is 8.45. The maximum absolute atomic E-state index is 12.1. The van der Waals surface area contributed by atoms with Gasteiger partial charge in [0.15, 0.2) is 0 Å². The van der Waals surface area contributed by atoms with Crippen molar-refractivity contribution in [2.45, 2.75) is 56.9 Å². The van der Waals surface area contributed by atoms with E-state index in [-0.39, 0.29) is 16.0 Å². The Morgan fingerprint density at radius 1 is 1.37 bits per heavy atom. The van der Waals surface area contributed by atoms with Crippen LogP contribution in [0.3, 0.4) is 0 Å². The minimum Gasteiger partial charge on any atom is -0.263 e. The second kappa shape index (κ2) is 7.82. The highest BCUT2D eigenvalue weighted by Crippen LogP contribution is 2.19. The number of hydrogen-bond donors (Lipinski definition) is 1. The van der Waals surface area contributed by atoms with Crippen LogP contribution in [0.5, 0.6) is 0 Å². The Labute approximate surface area is 120 Å². The van der Waals surface area contributed by atoms with Crippen molar-refractivity contribution in [2.75, 3.05) is 0 Å². The molecule has 0 aliphatic rings. The normalized spacial score (nSPS) is 13.4. The molecule has 1 unspecified atom stereocenters. The van der Waals surface area contributed by atoms with Crippen molar-refractivity contribution in [3.8, 4) is 0 Å². The van der Waals surface area contributed by atoms with E-state index >= 15 is 0 Å². The van der Waals surface area contributed by atoms with Crippen LogP contribution in [0.1, 0.15) is 46.0 Å². The summed E-state index contributed by atoms with van der Waals surface area (Å²) < 4.78 is 26.9. The molecule has 0 fully saturated rings. The first-order valence-electron chi connectivity index (χ1n) is 6.59. The van der Waals surface area contributed by atoms with Gasteiger partial charge in [0, 0.05) is 18.4 Å². The molecule has 1 aromatic heterocycles. The number of rotatable bonds is 8. The van der Waals surface area contributed by atoms with Crippen LogP contribution in [0.25, 0.3) is 0 Å². The zero-order valence-electron chi connectivity index (χ0n) is 11.4. The number of aromatic nitrogens is 1. The SMILES string of the molecule is CCCCCCC(C)NS(=O)(=O)c1cnccc1Cl. The fraction of sp³-hybridized carbons (Fsp3) is 0.615. The lowest BCUT2D eigenvalue weighted by Gasteiger charge is -2.14. The van der Waals surface area contributed by atoms with Crippen molar-refractivity contribution < 1.29 is 8.42 Å². The first-order chi connectivity index (χ1) is 8.97. The summed E-state index contributed by atoms with van der Waals surface area (Å²) in [5, 5.41) is 0.195. The highest BCUT2D eigenvalue weighted by Gasteiger charge is 2.20. The van der Waals surface area contributed by atoms with Crippen molar-refractivity contribution >= 4 is 21.6 Å². The van der Waals surface area contributed by atoms with Crippen molar-refractivity contribution in [2.24, 2.45) is 0 Å². The molecule has 1 rings (SSSR count). The molecule has 4 nitrogen and oxygen atoms in total. The quantitative estimate of drug-likeness (QED) is 0.749. The van der Waals surface area contributed by atoms with E-state index in [9.17, 15) is 8.42 Å². The van der Waals surface area contributed by atoms with Crippen LogP contribution in [-0.4, -0.2) is 19.4 Å². The molecular formula is C13H21ClN2O2S. The Morgan fingerprint density at radius 2 is 2.11 bits per heavy atom. The number of sulfonamides is 1. The lowest BCUT2D eigenvalue weighted by molar-refractivity contribution is 0.522. The van der Waals surface area contributed by atoms with E-state index in [0.717, 1.165) is 19.3 Å². The highest BCUT2D eigenvalue weighted by molar-refractivity contribution is 7.89. The second-order valence-corrected chi connectivity index (χ2v) is 6.77. The third-order valence-corrected chi connectivity index (χ3v) is 4.93. The van der Waals surface area contributed by atoms with E-state index in [1.807, 2.05) is 6.92 Å². The van der Waals surface area contributed by atoms with Crippen LogP contribution >= 0.6 is 11.6 Å². The fourth-order valence-electron chi connectivity index (χ4n) is 1.83. The van der Waals surface area contributed by atoms with Crippen molar-refractivity contribution in [1.82, 2.24) is 9.71 Å². The van der Waals surface area contributed by atoms with E-state index in [4.69, 9.17) is 11.6 Å². The van der Waals surface area contributed by atoms with Gasteiger partial charge in [-0.15, -0.1) is 0 Å². The third-order valence-electron chi connectivity index (χ3n) is 2.87. The van der Waals surface area contributed by atoms with E-state index in [1.54, 1.807) is 0 Å². The minimum atomic E-state index is -3.58. The molecule has 1 heterocycles. The number of unbranched alkanes of at least 4 members (excludes halogenated alkanes) is 3. The van der Waals surface area contributed by atoms with Crippen LogP contribution in [-0.2, 0) is 10.0 Å². The molecule has 0 aromatic carbocycles. The van der Waals surface area contributed by atoms with Crippen molar-refractivity contribution in [3.63, 3.8) is 0 Å². The number of halogens is 1. The van der Waals surface area contributed by atoms with Gasteiger partial charge in [-0.3, -0.25) is 4.98 Å². The lowest BCUT2D eigenvalue weighted by atomic mass is 10.1. The summed E-state index contributed by atoms with van der Waals surface area (Å²) in [5.41, 5.74) is 0. The van der Waals surface area contributed by atoms with Gasteiger partial charge in [-0.05, 0) is 19.4 Å². The lowest BCUT2D eigenvalue weighted by Crippen LogP contribution is -2.32. The third kappa shape index (κ3) is 5.47. The van der Waals surface area contributed by atoms with E-state index in [0.29, 0.717) is 0 Å². The van der Waals surface area contributed by atoms with Crippen LogP contribution < -0.4 is 4.72 Å². The average molecular weight is 305 g/mol. The van der Waals surface area contributed by atoms with Gasteiger partial charge < -0.3 is 0 Å². The van der Waals surface area contributed by atoms with Gasteiger partial charge in [0.2, 0.25) is 10.0 Å². The molecule has 0 saturated heterocycles. The predicted octanol–water partition coefficient (Wildman–Crippen LogP) is 3.37. The van der Waals surface area contributed by atoms with Crippen LogP contribution in [0, 0.1) is 0 Å². The summed E-state index contributed by atoms with van der Waals surface area (Å²) in [6.45, 7) is 4.02. The molecule has 0 spiro atoms. The van der Waals surface area contributed by atoms with E-state index in [2.05, 4.69) is 16.6 Å². The standard InChI is InChI=1S/C13H21ClN2O2S/c1-3-4-5-6-7-11(2)16-19(17,18)13-10-15-9-8-12(13)14/h8-11,16H,3-7H2,1-2H3. The molecule has 0 saturated carbocycles. The Hall–Kier alpha value is -0.650. The van der Waals surface area contributed by atoms with Gasteiger partial charge in [-0.2, -0.15) is 0 Å². The van der Waals surface area contributed by atoms with Crippen molar-refractivity contribution in [3.05, 3.63) is 23.5 Å². The number of hydrogen-bond acceptors (Lipinski definition) is 3. The second-order valence-electron chi connectivity index (χ2n) is 4.68. The summed E-state index contributed by atoms with van der Waals surface area (Å²) >= 11 is 5.88. The van der Waals surface area contributed by atoms with Gasteiger partial charge in [-0.25, -0.2) is 13.1 Å². The summed E-state index contributed by atoms with van der Waals surface area (Å²) in [6, 6.07) is 1.38. The van der Waals surface area contributed by atoms with Crippen LogP contribution in [0.4, 0.5) is 0 Å². The topological polar surface area (TPSA) is 59.1 Å². The summed E-state index contributed by atoms with van der Waals surface area (Å²) in [5.74, 6) is 0. The molecule has 1 N–H and O–H groups in total. The highest BCUT2D eigenvalue weighted by atomic mass is 35.5. The van der Waals surface area contributed by atoms with Gasteiger partial charge in [0.25, 0.3) is 0 Å². The summed E-state index contributed by atoms with van der Waals surface area (Å²) in [4.78, 5) is 3.84. The van der Waals surface area contributed by atoms with Gasteiger partial charge in [-0.1, -0.05) is 44.2 Å². The monoisotopic (exact) mass is 304 g/mol. The molecule has 1 aromatic rings. The maximum atomic E-state index is 12.1. The molecule has 19 heavy (non-hydrogen) atoms. The molecule has 0 radical (unpaired) electrons. The molecule has 1 atom stereocenters. The number of nitrogens with one attached hydrogen (secondary N) is 1. The Morgan fingerprint density at radius 3 is 2.74 bits per heavy atom. The summed E-state index contributed by atoms with van der Waals surface area (Å²) in [6.07, 6.45) is 8.09. The molecular weight excluding hydrogens is 284 g/mol. The average Bonchev–Trinajstić information content (AvgIpc) is 2.34. The predicted molar refractivity (Wildman–Crippen MR) is 77.8 cm³/mol. The number of pyridine rings is 1. The largest absolute Gasteiger partial charge is 0.263 e. The Bertz CT molecular complexity index is 491. The molecule has 0 bridgehead atoms. The fourth-order valence-corrected chi connectivity index (χ4v) is 3.53. The van der Waals surface area contributed by atoms with E-state index < -0.39 is 10.0 Å². The smallest absolute Gasteiger partial charge is 0.243 e. The van der Waals surface area contributed by atoms with E-state index in [1.165, 1.54) is 31.3 Å². The van der Waals surface area contributed by atoms with Gasteiger partial charge in [0.05, 0.1) is 5.02 Å². The molecule has 108 valence electrons. The van der Waals surface area contributed by atoms with Gasteiger partial charge in [0.1, 0.15) is 4.90 Å². The molecule has 6 heteroatoms. The van der Waals surface area contributed by atoms with Crippen molar-refractivity contribution in [1.29, 1.82) is 0 Å². The van der Waals surface area contributed by atoms with Crippen LogP contribution in [0.2, 0.25) is 5.02 Å². The number of nitrogens with zero attached hydrogens (tertiary/aromatic N) is 1. The molecule has 0 aliphatic carbocycles. The molecule has 0 amide bonds. The Balaban J connectivity index is 2.58. The first kappa shape index (κ1) is 16.4. The zero-order chi connectivity index (χ0) is 14.3. The van der Waals surface area contributed by atoms with Crippen LogP contribution in [0.15, 0.2) is 23.4 Å². The zero-order valence-corrected chi connectivity index (χ0v) is 13.0. The molecule has 0 aliphatic heterocycles.